The van der Waals surface area contributed by atoms with Crippen LogP contribution in [0.1, 0.15) is 13.8 Å². The number of amides is 1. The van der Waals surface area contributed by atoms with Crippen LogP contribution in [0.15, 0.2) is 18.3 Å². The van der Waals surface area contributed by atoms with E-state index < -0.39 is 0 Å². The molecule has 0 fully saturated rings. The molecule has 1 rings (SSSR count). The molecule has 0 aliphatic carbocycles. The lowest BCUT2D eigenvalue weighted by Crippen LogP contribution is -2.29. The summed E-state index contributed by atoms with van der Waals surface area (Å²) in [6.07, 6.45) is 1.74. The molecule has 17 heavy (non-hydrogen) atoms. The summed E-state index contributed by atoms with van der Waals surface area (Å²) in [5.41, 5.74) is 0. The maximum atomic E-state index is 11.4. The zero-order valence-electron chi connectivity index (χ0n) is 10.7. The Labute approximate surface area is 102 Å². The Hall–Kier alpha value is -1.78. The monoisotopic (exact) mass is 237 g/mol. The second kappa shape index (κ2) is 6.08. The normalized spacial score (nSPS) is 10.2. The van der Waals surface area contributed by atoms with Crippen LogP contribution in [0.2, 0.25) is 0 Å². The van der Waals surface area contributed by atoms with E-state index in [1.54, 1.807) is 26.4 Å². The molecule has 0 aliphatic heterocycles. The number of nitrogens with zero attached hydrogens (tertiary/aromatic N) is 2. The molecule has 1 aromatic heterocycles. The highest BCUT2D eigenvalue weighted by atomic mass is 16.5. The summed E-state index contributed by atoms with van der Waals surface area (Å²) in [5, 5.41) is 2.97. The Morgan fingerprint density at radius 1 is 1.53 bits per heavy atom. The quantitative estimate of drug-likeness (QED) is 0.840. The number of nitrogens with one attached hydrogen (secondary N) is 1. The average Bonchev–Trinajstić information content (AvgIpc) is 2.26. The molecule has 5 nitrogen and oxygen atoms in total. The number of carbonyl (C=O) groups excluding carboxylic acids is 1. The van der Waals surface area contributed by atoms with Crippen molar-refractivity contribution < 1.29 is 9.53 Å². The van der Waals surface area contributed by atoms with Crippen LogP contribution in [-0.2, 0) is 4.79 Å². The zero-order chi connectivity index (χ0) is 12.8. The lowest BCUT2D eigenvalue weighted by atomic mass is 10.4. The van der Waals surface area contributed by atoms with E-state index in [2.05, 4.69) is 10.3 Å². The summed E-state index contributed by atoms with van der Waals surface area (Å²) in [4.78, 5) is 17.1. The smallest absolute Gasteiger partial charge is 0.241 e. The van der Waals surface area contributed by atoms with Gasteiger partial charge in [0.25, 0.3) is 0 Å². The minimum absolute atomic E-state index is 0.00819. The first-order chi connectivity index (χ1) is 8.00. The summed E-state index contributed by atoms with van der Waals surface area (Å²) in [6, 6.07) is 3.63. The summed E-state index contributed by atoms with van der Waals surface area (Å²) in [7, 11) is 3.43. The molecule has 0 unspecified atom stereocenters. The zero-order valence-corrected chi connectivity index (χ0v) is 10.7. The Kier molecular flexibility index (Phi) is 4.75. The van der Waals surface area contributed by atoms with Gasteiger partial charge in [0.15, 0.2) is 11.6 Å². The maximum absolute atomic E-state index is 11.4. The number of hydrogen-bond acceptors (Lipinski definition) is 4. The summed E-state index contributed by atoms with van der Waals surface area (Å²) < 4.78 is 5.59. The van der Waals surface area contributed by atoms with Gasteiger partial charge in [0.2, 0.25) is 5.91 Å². The maximum Gasteiger partial charge on any atom is 0.241 e. The third-order valence-corrected chi connectivity index (χ3v) is 2.04. The van der Waals surface area contributed by atoms with Gasteiger partial charge in [-0.1, -0.05) is 0 Å². The minimum atomic E-state index is -0.00819. The fraction of sp³-hybridized carbons (Fsp3) is 0.500. The first-order valence-electron chi connectivity index (χ1n) is 5.56. The van der Waals surface area contributed by atoms with Crippen molar-refractivity contribution in [2.45, 2.75) is 20.0 Å². The van der Waals surface area contributed by atoms with Gasteiger partial charge in [0.05, 0.1) is 12.6 Å². The number of aromatic nitrogens is 1. The van der Waals surface area contributed by atoms with E-state index in [0.29, 0.717) is 11.6 Å². The third-order valence-electron chi connectivity index (χ3n) is 2.04. The lowest BCUT2D eigenvalue weighted by Gasteiger charge is -2.15. The van der Waals surface area contributed by atoms with E-state index in [4.69, 9.17) is 4.74 Å². The van der Waals surface area contributed by atoms with Crippen molar-refractivity contribution >= 4 is 11.7 Å². The van der Waals surface area contributed by atoms with E-state index >= 15 is 0 Å². The Bertz CT molecular complexity index is 378. The molecule has 0 bridgehead atoms. The molecule has 0 saturated heterocycles. The van der Waals surface area contributed by atoms with E-state index in [0.717, 1.165) is 0 Å². The van der Waals surface area contributed by atoms with Crippen molar-refractivity contribution in [1.29, 1.82) is 0 Å². The molecule has 0 aliphatic rings. The summed E-state index contributed by atoms with van der Waals surface area (Å²) in [5.74, 6) is 1.25. The van der Waals surface area contributed by atoms with Crippen LogP contribution in [0.5, 0.6) is 5.75 Å². The highest BCUT2D eigenvalue weighted by molar-refractivity contribution is 5.80. The fourth-order valence-corrected chi connectivity index (χ4v) is 1.19. The van der Waals surface area contributed by atoms with Gasteiger partial charge >= 0.3 is 0 Å². The van der Waals surface area contributed by atoms with Crippen LogP contribution in [0.3, 0.4) is 0 Å². The van der Waals surface area contributed by atoms with Gasteiger partial charge in [0, 0.05) is 20.3 Å². The molecule has 1 aromatic rings. The van der Waals surface area contributed by atoms with Crippen LogP contribution in [0.4, 0.5) is 5.82 Å². The van der Waals surface area contributed by atoms with Crippen molar-refractivity contribution in [2.75, 3.05) is 26.0 Å². The van der Waals surface area contributed by atoms with Crippen LogP contribution in [0.25, 0.3) is 0 Å². The molecule has 5 heteroatoms. The Balaban J connectivity index is 2.67. The summed E-state index contributed by atoms with van der Waals surface area (Å²) in [6.45, 7) is 4.10. The van der Waals surface area contributed by atoms with Crippen LogP contribution in [0, 0.1) is 0 Å². The number of anilines is 1. The molecule has 0 spiro atoms. The van der Waals surface area contributed by atoms with E-state index in [1.165, 1.54) is 4.90 Å². The van der Waals surface area contributed by atoms with Gasteiger partial charge in [-0.25, -0.2) is 4.98 Å². The Morgan fingerprint density at radius 2 is 2.24 bits per heavy atom. The van der Waals surface area contributed by atoms with Gasteiger partial charge in [0.1, 0.15) is 0 Å². The summed E-state index contributed by atoms with van der Waals surface area (Å²) >= 11 is 0. The molecular weight excluding hydrogens is 218 g/mol. The first kappa shape index (κ1) is 13.3. The molecule has 1 heterocycles. The molecule has 1 amide bonds. The predicted molar refractivity (Wildman–Crippen MR) is 67.2 cm³/mol. The number of ether oxygens (including phenoxy) is 1. The van der Waals surface area contributed by atoms with Crippen LogP contribution in [-0.4, -0.2) is 42.5 Å². The largest absolute Gasteiger partial charge is 0.487 e. The number of pyridine rings is 1. The van der Waals surface area contributed by atoms with Crippen molar-refractivity contribution in [3.63, 3.8) is 0 Å². The number of rotatable bonds is 5. The SMILES string of the molecule is CC(C)Oc1cccnc1NCC(=O)N(C)C. The van der Waals surface area contributed by atoms with Crippen LogP contribution >= 0.6 is 0 Å². The molecule has 1 N–H and O–H groups in total. The minimum Gasteiger partial charge on any atom is -0.487 e. The highest BCUT2D eigenvalue weighted by Gasteiger charge is 2.08. The standard InChI is InChI=1S/C12H19N3O2/c1-9(2)17-10-6-5-7-13-12(10)14-8-11(16)15(3)4/h5-7,9H,8H2,1-4H3,(H,13,14). The third kappa shape index (κ3) is 4.30. The van der Waals surface area contributed by atoms with Gasteiger partial charge in [-0.05, 0) is 26.0 Å². The molecule has 0 radical (unpaired) electrons. The molecule has 0 aromatic carbocycles. The van der Waals surface area contributed by atoms with Crippen molar-refractivity contribution in [3.8, 4) is 5.75 Å². The second-order valence-electron chi connectivity index (χ2n) is 4.16. The van der Waals surface area contributed by atoms with Crippen molar-refractivity contribution in [2.24, 2.45) is 0 Å². The van der Waals surface area contributed by atoms with Gasteiger partial charge in [-0.2, -0.15) is 0 Å². The molecular formula is C12H19N3O2. The van der Waals surface area contributed by atoms with Crippen molar-refractivity contribution in [3.05, 3.63) is 18.3 Å². The van der Waals surface area contributed by atoms with Gasteiger partial charge < -0.3 is 15.0 Å². The fourth-order valence-electron chi connectivity index (χ4n) is 1.19. The van der Waals surface area contributed by atoms with Gasteiger partial charge in [-0.3, -0.25) is 4.79 Å². The lowest BCUT2D eigenvalue weighted by molar-refractivity contribution is -0.126. The average molecular weight is 237 g/mol. The highest BCUT2D eigenvalue weighted by Crippen LogP contribution is 2.21. The molecule has 0 atom stereocenters. The van der Waals surface area contributed by atoms with E-state index in [-0.39, 0.29) is 18.6 Å². The number of hydrogen-bond donors (Lipinski definition) is 1. The predicted octanol–water partition coefficient (Wildman–Crippen LogP) is 1.37. The van der Waals surface area contributed by atoms with Crippen molar-refractivity contribution in [1.82, 2.24) is 9.88 Å². The van der Waals surface area contributed by atoms with E-state index in [1.807, 2.05) is 19.9 Å². The number of likely N-dealkylation sites (N-methyl/N-ethyl adjacent to an activating group) is 1. The topological polar surface area (TPSA) is 54.5 Å². The Morgan fingerprint density at radius 3 is 2.82 bits per heavy atom. The number of carbonyl (C=O) groups is 1. The molecule has 0 saturated carbocycles. The second-order valence-corrected chi connectivity index (χ2v) is 4.16. The van der Waals surface area contributed by atoms with E-state index in [9.17, 15) is 4.79 Å². The first-order valence-corrected chi connectivity index (χ1v) is 5.56. The van der Waals surface area contributed by atoms with Crippen LogP contribution < -0.4 is 10.1 Å². The van der Waals surface area contributed by atoms with Gasteiger partial charge in [-0.15, -0.1) is 0 Å². The molecule has 94 valence electrons.